The van der Waals surface area contributed by atoms with E-state index in [1.807, 2.05) is 4.90 Å². The van der Waals surface area contributed by atoms with E-state index in [1.165, 1.54) is 0 Å². The normalized spacial score (nSPS) is 37.3. The first-order valence-corrected chi connectivity index (χ1v) is 13.9. The standard InChI is InChI=1S/C26H47N5O5/c1-34-14-6-11-28-25(32)18-16-19-24(29-22-7-4-5-12-30(22)26(19)33)31(23(18)27)13-10-17-8-9-20(35-2)21(15-17)36-3/h17-24,29H,4-16,27H2,1-3H3,(H,28,32). The maximum Gasteiger partial charge on any atom is 0.229 e. The predicted molar refractivity (Wildman–Crippen MR) is 136 cm³/mol. The van der Waals surface area contributed by atoms with Gasteiger partial charge in [-0.3, -0.25) is 19.8 Å². The third kappa shape index (κ3) is 6.05. The molecule has 0 spiro atoms. The molecule has 0 radical (unpaired) electrons. The Morgan fingerprint density at radius 1 is 1.11 bits per heavy atom. The van der Waals surface area contributed by atoms with Crippen LogP contribution in [-0.4, -0.2) is 99.9 Å². The second-order valence-corrected chi connectivity index (χ2v) is 11.0. The van der Waals surface area contributed by atoms with Gasteiger partial charge in [0.05, 0.1) is 42.5 Å². The van der Waals surface area contributed by atoms with Gasteiger partial charge < -0.3 is 30.2 Å². The van der Waals surface area contributed by atoms with Gasteiger partial charge in [-0.25, -0.2) is 0 Å². The number of rotatable bonds is 10. The molecule has 3 heterocycles. The Morgan fingerprint density at radius 2 is 1.92 bits per heavy atom. The van der Waals surface area contributed by atoms with Gasteiger partial charge in [0.15, 0.2) is 0 Å². The molecule has 4 N–H and O–H groups in total. The molecule has 0 aromatic heterocycles. The SMILES string of the molecule is COCCCNC(=O)C1CC2C(=O)N3CCCCC3NC2N(CCC2CCC(OC)C(OC)C2)C1N. The van der Waals surface area contributed by atoms with Gasteiger partial charge in [0.2, 0.25) is 11.8 Å². The molecule has 0 bridgehead atoms. The van der Waals surface area contributed by atoms with E-state index in [0.29, 0.717) is 25.5 Å². The molecular formula is C26H47N5O5. The largest absolute Gasteiger partial charge is 0.385 e. The Morgan fingerprint density at radius 3 is 2.67 bits per heavy atom. The van der Waals surface area contributed by atoms with Crippen LogP contribution in [0.5, 0.6) is 0 Å². The van der Waals surface area contributed by atoms with E-state index >= 15 is 0 Å². The van der Waals surface area contributed by atoms with Crippen LogP contribution in [0.4, 0.5) is 0 Å². The third-order valence-corrected chi connectivity index (χ3v) is 8.91. The van der Waals surface area contributed by atoms with Crippen LogP contribution in [0.2, 0.25) is 0 Å². The zero-order valence-electron chi connectivity index (χ0n) is 22.3. The number of nitrogens with zero attached hydrogens (tertiary/aromatic N) is 2. The number of hydrogen-bond donors (Lipinski definition) is 3. The highest BCUT2D eigenvalue weighted by molar-refractivity contribution is 5.84. The fraction of sp³-hybridized carbons (Fsp3) is 0.923. The van der Waals surface area contributed by atoms with Crippen molar-refractivity contribution in [3.63, 3.8) is 0 Å². The Bertz CT molecular complexity index is 742. The van der Waals surface area contributed by atoms with E-state index in [1.54, 1.807) is 21.3 Å². The van der Waals surface area contributed by atoms with E-state index in [-0.39, 0.29) is 42.3 Å². The summed E-state index contributed by atoms with van der Waals surface area (Å²) in [5, 5.41) is 6.80. The van der Waals surface area contributed by atoms with Crippen molar-refractivity contribution in [3.05, 3.63) is 0 Å². The summed E-state index contributed by atoms with van der Waals surface area (Å²) in [6, 6.07) is 0. The van der Waals surface area contributed by atoms with E-state index in [2.05, 4.69) is 15.5 Å². The lowest BCUT2D eigenvalue weighted by atomic mass is 9.79. The van der Waals surface area contributed by atoms with Crippen molar-refractivity contribution < 1.29 is 23.8 Å². The number of fused-ring (bicyclic) bond motifs is 2. The molecule has 1 saturated carbocycles. The summed E-state index contributed by atoms with van der Waals surface area (Å²) in [5.74, 6) is -0.0596. The lowest BCUT2D eigenvalue weighted by Crippen LogP contribution is -2.74. The highest BCUT2D eigenvalue weighted by Gasteiger charge is 2.52. The minimum absolute atomic E-state index is 0.0596. The van der Waals surface area contributed by atoms with Gasteiger partial charge >= 0.3 is 0 Å². The number of piperidine rings is 2. The summed E-state index contributed by atoms with van der Waals surface area (Å²) < 4.78 is 16.4. The molecular weight excluding hydrogens is 462 g/mol. The van der Waals surface area contributed by atoms with Crippen molar-refractivity contribution in [2.75, 3.05) is 47.6 Å². The number of nitrogens with one attached hydrogen (secondary N) is 2. The van der Waals surface area contributed by atoms with Crippen LogP contribution >= 0.6 is 0 Å². The van der Waals surface area contributed by atoms with Crippen LogP contribution in [0.1, 0.15) is 57.8 Å². The quantitative estimate of drug-likeness (QED) is 0.371. The maximum atomic E-state index is 13.6. The number of ether oxygens (including phenoxy) is 3. The molecule has 10 nitrogen and oxygen atoms in total. The van der Waals surface area contributed by atoms with Gasteiger partial charge in [-0.05, 0) is 63.7 Å². The summed E-state index contributed by atoms with van der Waals surface area (Å²) in [6.07, 6.45) is 8.11. The van der Waals surface area contributed by atoms with Crippen molar-refractivity contribution >= 4 is 11.8 Å². The van der Waals surface area contributed by atoms with Crippen LogP contribution in [0.25, 0.3) is 0 Å². The van der Waals surface area contributed by atoms with Crippen LogP contribution < -0.4 is 16.4 Å². The van der Waals surface area contributed by atoms with Crippen molar-refractivity contribution in [1.82, 2.24) is 20.4 Å². The second-order valence-electron chi connectivity index (χ2n) is 11.0. The smallest absolute Gasteiger partial charge is 0.229 e. The highest BCUT2D eigenvalue weighted by atomic mass is 16.5. The first-order valence-electron chi connectivity index (χ1n) is 13.9. The minimum atomic E-state index is -0.433. The van der Waals surface area contributed by atoms with E-state index in [0.717, 1.165) is 64.5 Å². The molecule has 8 unspecified atom stereocenters. The Balaban J connectivity index is 1.46. The molecule has 10 heteroatoms. The van der Waals surface area contributed by atoms with Gasteiger partial charge in [0.25, 0.3) is 0 Å². The first-order chi connectivity index (χ1) is 17.5. The highest BCUT2D eigenvalue weighted by Crippen LogP contribution is 2.37. The lowest BCUT2D eigenvalue weighted by Gasteiger charge is -2.55. The number of hydrogen-bond acceptors (Lipinski definition) is 8. The number of nitrogens with two attached hydrogens (primary N) is 1. The number of amides is 2. The van der Waals surface area contributed by atoms with Crippen LogP contribution in [-0.2, 0) is 23.8 Å². The fourth-order valence-corrected chi connectivity index (χ4v) is 6.82. The van der Waals surface area contributed by atoms with E-state index in [4.69, 9.17) is 19.9 Å². The molecule has 36 heavy (non-hydrogen) atoms. The zero-order chi connectivity index (χ0) is 25.7. The Kier molecular flexibility index (Phi) is 9.99. The summed E-state index contributed by atoms with van der Waals surface area (Å²) in [7, 11) is 5.17. The average Bonchev–Trinajstić information content (AvgIpc) is 2.90. The molecule has 3 aliphatic heterocycles. The van der Waals surface area contributed by atoms with Crippen molar-refractivity contribution in [3.8, 4) is 0 Å². The van der Waals surface area contributed by atoms with Crippen molar-refractivity contribution in [2.45, 2.75) is 88.5 Å². The monoisotopic (exact) mass is 509 g/mol. The number of carbonyl (C=O) groups excluding carboxylic acids is 2. The molecule has 2 amide bonds. The predicted octanol–water partition coefficient (Wildman–Crippen LogP) is 0.850. The van der Waals surface area contributed by atoms with Crippen LogP contribution in [0, 0.1) is 17.8 Å². The van der Waals surface area contributed by atoms with Gasteiger partial charge in [0, 0.05) is 47.6 Å². The molecule has 0 aromatic carbocycles. The third-order valence-electron chi connectivity index (χ3n) is 8.91. The molecule has 8 atom stereocenters. The molecule has 0 aromatic rings. The fourth-order valence-electron chi connectivity index (χ4n) is 6.82. The summed E-state index contributed by atoms with van der Waals surface area (Å²) in [4.78, 5) is 31.0. The maximum absolute atomic E-state index is 13.6. The average molecular weight is 510 g/mol. The van der Waals surface area contributed by atoms with Crippen molar-refractivity contribution in [1.29, 1.82) is 0 Å². The summed E-state index contributed by atoms with van der Waals surface area (Å²) in [5.41, 5.74) is 6.82. The summed E-state index contributed by atoms with van der Waals surface area (Å²) in [6.45, 7) is 2.69. The molecule has 206 valence electrons. The molecule has 4 rings (SSSR count). The second kappa shape index (κ2) is 13.0. The molecule has 1 aliphatic carbocycles. The van der Waals surface area contributed by atoms with E-state index in [9.17, 15) is 9.59 Å². The first kappa shape index (κ1) is 27.7. The summed E-state index contributed by atoms with van der Waals surface area (Å²) >= 11 is 0. The minimum Gasteiger partial charge on any atom is -0.385 e. The van der Waals surface area contributed by atoms with Crippen molar-refractivity contribution in [2.24, 2.45) is 23.5 Å². The Labute approximate surface area is 215 Å². The van der Waals surface area contributed by atoms with Crippen LogP contribution in [0.3, 0.4) is 0 Å². The topological polar surface area (TPSA) is 118 Å². The van der Waals surface area contributed by atoms with Crippen LogP contribution in [0.15, 0.2) is 0 Å². The van der Waals surface area contributed by atoms with E-state index < -0.39 is 12.1 Å². The van der Waals surface area contributed by atoms with Gasteiger partial charge in [-0.1, -0.05) is 0 Å². The molecule has 3 saturated heterocycles. The molecule has 4 aliphatic rings. The Hall–Kier alpha value is -1.30. The zero-order valence-corrected chi connectivity index (χ0v) is 22.3. The van der Waals surface area contributed by atoms with Gasteiger partial charge in [-0.2, -0.15) is 0 Å². The van der Waals surface area contributed by atoms with Gasteiger partial charge in [0.1, 0.15) is 0 Å². The lowest BCUT2D eigenvalue weighted by molar-refractivity contribution is -0.162. The van der Waals surface area contributed by atoms with Gasteiger partial charge in [-0.15, -0.1) is 0 Å². The molecule has 4 fully saturated rings. The number of carbonyl (C=O) groups is 2. The number of likely N-dealkylation sites (tertiary alicyclic amines) is 1. The number of methoxy groups -OCH3 is 3.